The number of nitro benzene ring substituents is 1. The Balaban J connectivity index is 2.62. The van der Waals surface area contributed by atoms with Crippen molar-refractivity contribution in [2.75, 3.05) is 11.9 Å². The van der Waals surface area contributed by atoms with Crippen molar-refractivity contribution in [3.8, 4) is 0 Å². The van der Waals surface area contributed by atoms with Gasteiger partial charge in [0.1, 0.15) is 5.69 Å². The smallest absolute Gasteiger partial charge is 0.293 e. The SMILES string of the molecule is CN1C(=O)CCc2cccc([N+](=O)[O-])c21. The first-order chi connectivity index (χ1) is 7.11. The zero-order valence-electron chi connectivity index (χ0n) is 8.27. The Bertz CT molecular complexity index is 442. The van der Waals surface area contributed by atoms with Crippen molar-refractivity contribution in [3.63, 3.8) is 0 Å². The lowest BCUT2D eigenvalue weighted by Crippen LogP contribution is -2.31. The molecule has 0 spiro atoms. The number of rotatable bonds is 1. The number of para-hydroxylation sites is 1. The van der Waals surface area contributed by atoms with Gasteiger partial charge in [-0.05, 0) is 12.0 Å². The number of anilines is 1. The van der Waals surface area contributed by atoms with Gasteiger partial charge in [-0.2, -0.15) is 0 Å². The van der Waals surface area contributed by atoms with Gasteiger partial charge >= 0.3 is 0 Å². The lowest BCUT2D eigenvalue weighted by atomic mass is 10.0. The first-order valence-corrected chi connectivity index (χ1v) is 4.64. The average molecular weight is 206 g/mol. The highest BCUT2D eigenvalue weighted by atomic mass is 16.6. The standard InChI is InChI=1S/C10H10N2O3/c1-11-9(13)6-5-7-3-2-4-8(10(7)11)12(14)15/h2-4H,5-6H2,1H3. The molecule has 2 rings (SSSR count). The molecule has 5 heteroatoms. The molecular weight excluding hydrogens is 196 g/mol. The topological polar surface area (TPSA) is 63.5 Å². The maximum absolute atomic E-state index is 11.4. The first kappa shape index (κ1) is 9.64. The van der Waals surface area contributed by atoms with E-state index in [4.69, 9.17) is 0 Å². The van der Waals surface area contributed by atoms with Gasteiger partial charge in [-0.1, -0.05) is 12.1 Å². The van der Waals surface area contributed by atoms with Gasteiger partial charge in [0.25, 0.3) is 5.69 Å². The van der Waals surface area contributed by atoms with Gasteiger partial charge < -0.3 is 4.90 Å². The van der Waals surface area contributed by atoms with E-state index in [1.165, 1.54) is 11.0 Å². The monoisotopic (exact) mass is 206 g/mol. The third-order valence-electron chi connectivity index (χ3n) is 2.61. The predicted octanol–water partition coefficient (Wildman–Crippen LogP) is 1.50. The second kappa shape index (κ2) is 3.34. The highest BCUT2D eigenvalue weighted by molar-refractivity contribution is 5.98. The van der Waals surface area contributed by atoms with E-state index >= 15 is 0 Å². The summed E-state index contributed by atoms with van der Waals surface area (Å²) in [4.78, 5) is 23.1. The van der Waals surface area contributed by atoms with Crippen molar-refractivity contribution in [1.29, 1.82) is 0 Å². The van der Waals surface area contributed by atoms with Crippen LogP contribution in [0.5, 0.6) is 0 Å². The Labute approximate surface area is 86.5 Å². The van der Waals surface area contributed by atoms with Crippen molar-refractivity contribution in [2.24, 2.45) is 0 Å². The molecule has 0 fully saturated rings. The van der Waals surface area contributed by atoms with Gasteiger partial charge in [-0.15, -0.1) is 0 Å². The van der Waals surface area contributed by atoms with E-state index in [2.05, 4.69) is 0 Å². The van der Waals surface area contributed by atoms with Gasteiger partial charge in [-0.3, -0.25) is 14.9 Å². The zero-order chi connectivity index (χ0) is 11.0. The lowest BCUT2D eigenvalue weighted by molar-refractivity contribution is -0.384. The summed E-state index contributed by atoms with van der Waals surface area (Å²) in [6.07, 6.45) is 1.00. The number of hydrogen-bond donors (Lipinski definition) is 0. The Hall–Kier alpha value is -1.91. The summed E-state index contributed by atoms with van der Waals surface area (Å²) < 4.78 is 0. The van der Waals surface area contributed by atoms with Crippen LogP contribution >= 0.6 is 0 Å². The number of benzene rings is 1. The Kier molecular flexibility index (Phi) is 2.15. The van der Waals surface area contributed by atoms with Crippen LogP contribution in [0.25, 0.3) is 0 Å². The van der Waals surface area contributed by atoms with Crippen molar-refractivity contribution in [3.05, 3.63) is 33.9 Å². The molecule has 1 amide bonds. The van der Waals surface area contributed by atoms with Crippen LogP contribution in [0.3, 0.4) is 0 Å². The minimum absolute atomic E-state index is 0.00282. The van der Waals surface area contributed by atoms with Gasteiger partial charge in [0.2, 0.25) is 5.91 Å². The molecule has 0 atom stereocenters. The van der Waals surface area contributed by atoms with Gasteiger partial charge in [-0.25, -0.2) is 0 Å². The Morgan fingerprint density at radius 2 is 2.13 bits per heavy atom. The number of carbonyl (C=O) groups excluding carboxylic acids is 1. The summed E-state index contributed by atoms with van der Waals surface area (Å²) >= 11 is 0. The number of carbonyl (C=O) groups is 1. The highest BCUT2D eigenvalue weighted by Gasteiger charge is 2.28. The molecule has 1 aromatic rings. The molecule has 0 aliphatic carbocycles. The molecular formula is C10H10N2O3. The van der Waals surface area contributed by atoms with Gasteiger partial charge in [0.15, 0.2) is 0 Å². The summed E-state index contributed by atoms with van der Waals surface area (Å²) in [5.74, 6) is -0.0724. The van der Waals surface area contributed by atoms with E-state index in [0.717, 1.165) is 5.56 Å². The fourth-order valence-corrected chi connectivity index (χ4v) is 1.85. The minimum Gasteiger partial charge on any atom is -0.309 e. The number of nitrogens with zero attached hydrogens (tertiary/aromatic N) is 2. The predicted molar refractivity (Wildman–Crippen MR) is 54.8 cm³/mol. The number of fused-ring (bicyclic) bond motifs is 1. The van der Waals surface area contributed by atoms with E-state index in [1.807, 2.05) is 6.07 Å². The van der Waals surface area contributed by atoms with Crippen molar-refractivity contribution in [1.82, 2.24) is 0 Å². The molecule has 0 saturated carbocycles. The van der Waals surface area contributed by atoms with Crippen molar-refractivity contribution < 1.29 is 9.72 Å². The summed E-state index contributed by atoms with van der Waals surface area (Å²) in [6.45, 7) is 0. The third kappa shape index (κ3) is 1.45. The van der Waals surface area contributed by atoms with E-state index in [0.29, 0.717) is 18.5 Å². The molecule has 1 heterocycles. The molecule has 1 aliphatic rings. The number of amides is 1. The summed E-state index contributed by atoms with van der Waals surface area (Å²) in [7, 11) is 1.58. The van der Waals surface area contributed by atoms with Crippen molar-refractivity contribution >= 4 is 17.3 Å². The normalized spacial score (nSPS) is 15.0. The minimum atomic E-state index is -0.450. The number of nitro groups is 1. The molecule has 0 saturated heterocycles. The average Bonchev–Trinajstić information content (AvgIpc) is 2.23. The number of hydrogen-bond acceptors (Lipinski definition) is 3. The summed E-state index contributed by atoms with van der Waals surface area (Å²) in [5, 5.41) is 10.8. The van der Waals surface area contributed by atoms with Crippen LogP contribution < -0.4 is 4.90 Å². The van der Waals surface area contributed by atoms with E-state index in [1.54, 1.807) is 13.1 Å². The van der Waals surface area contributed by atoms with Crippen molar-refractivity contribution in [2.45, 2.75) is 12.8 Å². The van der Waals surface area contributed by atoms with Crippen LogP contribution in [0.1, 0.15) is 12.0 Å². The molecule has 15 heavy (non-hydrogen) atoms. The number of aryl methyl sites for hydroxylation is 1. The third-order valence-corrected chi connectivity index (χ3v) is 2.61. The molecule has 0 unspecified atom stereocenters. The van der Waals surface area contributed by atoms with E-state index < -0.39 is 4.92 Å². The summed E-state index contributed by atoms with van der Waals surface area (Å²) in [5.41, 5.74) is 1.31. The maximum atomic E-state index is 11.4. The first-order valence-electron chi connectivity index (χ1n) is 4.64. The fourth-order valence-electron chi connectivity index (χ4n) is 1.85. The van der Waals surface area contributed by atoms with Crippen LogP contribution in [0, 0.1) is 10.1 Å². The molecule has 78 valence electrons. The van der Waals surface area contributed by atoms with Crippen LogP contribution in [0.15, 0.2) is 18.2 Å². The zero-order valence-corrected chi connectivity index (χ0v) is 8.27. The van der Waals surface area contributed by atoms with Crippen LogP contribution in [-0.2, 0) is 11.2 Å². The molecule has 0 aromatic heterocycles. The highest BCUT2D eigenvalue weighted by Crippen LogP contribution is 2.35. The van der Waals surface area contributed by atoms with Gasteiger partial charge in [0.05, 0.1) is 4.92 Å². The maximum Gasteiger partial charge on any atom is 0.293 e. The Morgan fingerprint density at radius 3 is 2.80 bits per heavy atom. The summed E-state index contributed by atoms with van der Waals surface area (Å²) in [6, 6.07) is 4.90. The van der Waals surface area contributed by atoms with Crippen LogP contribution in [0.4, 0.5) is 11.4 Å². The molecule has 0 N–H and O–H groups in total. The molecule has 1 aliphatic heterocycles. The van der Waals surface area contributed by atoms with Crippen LogP contribution in [0.2, 0.25) is 0 Å². The molecule has 0 bridgehead atoms. The fraction of sp³-hybridized carbons (Fsp3) is 0.300. The molecule has 5 nitrogen and oxygen atoms in total. The quantitative estimate of drug-likeness (QED) is 0.516. The van der Waals surface area contributed by atoms with Gasteiger partial charge in [0, 0.05) is 19.5 Å². The molecule has 0 radical (unpaired) electrons. The van der Waals surface area contributed by atoms with E-state index in [9.17, 15) is 14.9 Å². The Morgan fingerprint density at radius 1 is 1.40 bits per heavy atom. The van der Waals surface area contributed by atoms with E-state index in [-0.39, 0.29) is 11.6 Å². The second-order valence-electron chi connectivity index (χ2n) is 3.49. The largest absolute Gasteiger partial charge is 0.309 e. The molecule has 1 aromatic carbocycles. The second-order valence-corrected chi connectivity index (χ2v) is 3.49. The lowest BCUT2D eigenvalue weighted by Gasteiger charge is -2.24. The van der Waals surface area contributed by atoms with Crippen LogP contribution in [-0.4, -0.2) is 17.9 Å².